The highest BCUT2D eigenvalue weighted by atomic mass is 32.1. The maximum Gasteiger partial charge on any atom is 0.251 e. The van der Waals surface area contributed by atoms with Crippen molar-refractivity contribution in [1.29, 1.82) is 0 Å². The van der Waals surface area contributed by atoms with Crippen LogP contribution in [-0.4, -0.2) is 42.5 Å². The average molecular weight is 544 g/mol. The predicted molar refractivity (Wildman–Crippen MR) is 147 cm³/mol. The molecular weight excluding hydrogens is 517 g/mol. The standard InChI is InChI=1S/C28H26FN7O2S/c1-28(2,3)31-27(38)25(23-9-6-14-39-23)36(21-15-19-7-4-5-8-22(19)30-16-21)24(37)17-35-33-26(32-34-35)18-10-12-20(29)13-11-18/h4-16,25H,17H2,1-3H3,(H,31,38)/t25-/m1/s1. The molecule has 0 saturated heterocycles. The first-order valence-electron chi connectivity index (χ1n) is 12.2. The van der Waals surface area contributed by atoms with E-state index in [1.54, 1.807) is 6.20 Å². The van der Waals surface area contributed by atoms with Crippen LogP contribution in [0.15, 0.2) is 78.3 Å². The van der Waals surface area contributed by atoms with Crippen molar-refractivity contribution in [1.82, 2.24) is 30.5 Å². The zero-order valence-corrected chi connectivity index (χ0v) is 22.4. The number of fused-ring (bicyclic) bond motifs is 1. The van der Waals surface area contributed by atoms with E-state index in [0.29, 0.717) is 16.1 Å². The molecule has 39 heavy (non-hydrogen) atoms. The molecule has 1 atom stereocenters. The van der Waals surface area contributed by atoms with E-state index in [1.165, 1.54) is 40.5 Å². The first kappa shape index (κ1) is 26.1. The zero-order valence-electron chi connectivity index (χ0n) is 21.6. The van der Waals surface area contributed by atoms with Crippen molar-refractivity contribution in [3.05, 3.63) is 89.0 Å². The van der Waals surface area contributed by atoms with Crippen molar-refractivity contribution in [2.45, 2.75) is 38.9 Å². The van der Waals surface area contributed by atoms with Crippen LogP contribution in [0.5, 0.6) is 0 Å². The van der Waals surface area contributed by atoms with Gasteiger partial charge in [0.1, 0.15) is 18.4 Å². The topological polar surface area (TPSA) is 106 Å². The van der Waals surface area contributed by atoms with Gasteiger partial charge < -0.3 is 5.32 Å². The number of amides is 2. The predicted octanol–water partition coefficient (Wildman–Crippen LogP) is 4.78. The van der Waals surface area contributed by atoms with Crippen molar-refractivity contribution < 1.29 is 14.0 Å². The van der Waals surface area contributed by atoms with Gasteiger partial charge in [-0.25, -0.2) is 4.39 Å². The molecule has 198 valence electrons. The number of nitrogens with zero attached hydrogens (tertiary/aromatic N) is 6. The van der Waals surface area contributed by atoms with Crippen molar-refractivity contribution in [3.63, 3.8) is 0 Å². The summed E-state index contributed by atoms with van der Waals surface area (Å²) < 4.78 is 13.3. The molecule has 0 radical (unpaired) electrons. The van der Waals surface area contributed by atoms with E-state index in [9.17, 15) is 14.0 Å². The third kappa shape index (κ3) is 5.99. The number of carbonyl (C=O) groups excluding carboxylic acids is 2. The summed E-state index contributed by atoms with van der Waals surface area (Å²) in [4.78, 5) is 35.5. The Bertz CT molecular complexity index is 1610. The molecule has 0 unspecified atom stereocenters. The Kier molecular flexibility index (Phi) is 7.16. The molecule has 11 heteroatoms. The lowest BCUT2D eigenvalue weighted by molar-refractivity contribution is -0.128. The van der Waals surface area contributed by atoms with Gasteiger partial charge >= 0.3 is 0 Å². The van der Waals surface area contributed by atoms with Gasteiger partial charge in [0.25, 0.3) is 5.91 Å². The Hall–Kier alpha value is -4.51. The van der Waals surface area contributed by atoms with E-state index in [1.807, 2.05) is 68.6 Å². The van der Waals surface area contributed by atoms with Crippen LogP contribution in [-0.2, 0) is 16.1 Å². The van der Waals surface area contributed by atoms with Crippen molar-refractivity contribution in [2.75, 3.05) is 4.90 Å². The third-order valence-electron chi connectivity index (χ3n) is 5.77. The van der Waals surface area contributed by atoms with Crippen molar-refractivity contribution in [2.24, 2.45) is 0 Å². The van der Waals surface area contributed by atoms with Gasteiger partial charge in [-0.1, -0.05) is 24.3 Å². The van der Waals surface area contributed by atoms with E-state index >= 15 is 0 Å². The zero-order chi connectivity index (χ0) is 27.6. The largest absolute Gasteiger partial charge is 0.349 e. The smallest absolute Gasteiger partial charge is 0.251 e. The Morgan fingerprint density at radius 2 is 1.85 bits per heavy atom. The third-order valence-corrected chi connectivity index (χ3v) is 6.70. The van der Waals surface area contributed by atoms with Gasteiger partial charge in [0.15, 0.2) is 0 Å². The summed E-state index contributed by atoms with van der Waals surface area (Å²) in [5.74, 6) is -0.890. The molecule has 3 heterocycles. The Morgan fingerprint density at radius 1 is 1.08 bits per heavy atom. The van der Waals surface area contributed by atoms with Crippen molar-refractivity contribution >= 4 is 39.7 Å². The summed E-state index contributed by atoms with van der Waals surface area (Å²) >= 11 is 1.38. The second-order valence-corrected chi connectivity index (χ2v) is 10.9. The molecule has 0 fully saturated rings. The second kappa shape index (κ2) is 10.7. The Morgan fingerprint density at radius 3 is 2.56 bits per heavy atom. The van der Waals surface area contributed by atoms with Gasteiger partial charge in [-0.05, 0) is 73.8 Å². The van der Waals surface area contributed by atoms with Crippen LogP contribution in [0.3, 0.4) is 0 Å². The molecule has 0 aliphatic rings. The van der Waals surface area contributed by atoms with E-state index < -0.39 is 17.5 Å². The Balaban J connectivity index is 1.55. The summed E-state index contributed by atoms with van der Waals surface area (Å²) in [7, 11) is 0. The van der Waals surface area contributed by atoms with Crippen LogP contribution in [0.1, 0.15) is 31.7 Å². The number of halogens is 1. The number of aromatic nitrogens is 5. The molecule has 0 saturated carbocycles. The molecule has 0 aliphatic carbocycles. The quantitative estimate of drug-likeness (QED) is 0.317. The number of anilines is 1. The lowest BCUT2D eigenvalue weighted by Gasteiger charge is -2.32. The Labute approximate surface area is 228 Å². The number of pyridine rings is 1. The minimum atomic E-state index is -0.959. The number of thiophene rings is 1. The number of nitrogens with one attached hydrogen (secondary N) is 1. The van der Waals surface area contributed by atoms with Crippen LogP contribution < -0.4 is 10.2 Å². The average Bonchev–Trinajstić information content (AvgIpc) is 3.59. The molecule has 9 nitrogen and oxygen atoms in total. The minimum absolute atomic E-state index is 0.252. The number of rotatable bonds is 7. The molecular formula is C28H26FN7O2S. The summed E-state index contributed by atoms with van der Waals surface area (Å²) in [6.45, 7) is 5.37. The summed E-state index contributed by atoms with van der Waals surface area (Å²) in [6.07, 6.45) is 1.59. The molecule has 3 aromatic heterocycles. The normalized spacial score (nSPS) is 12.3. The lowest BCUT2D eigenvalue weighted by Crippen LogP contribution is -2.50. The van der Waals surface area contributed by atoms with E-state index in [0.717, 1.165) is 15.7 Å². The molecule has 1 N–H and O–H groups in total. The molecule has 2 aromatic carbocycles. The van der Waals surface area contributed by atoms with Crippen LogP contribution in [0, 0.1) is 5.82 Å². The number of hydrogen-bond donors (Lipinski definition) is 1. The van der Waals surface area contributed by atoms with Gasteiger partial charge in [-0.3, -0.25) is 19.5 Å². The number of benzene rings is 2. The molecule has 0 spiro atoms. The fourth-order valence-electron chi connectivity index (χ4n) is 4.11. The van der Waals surface area contributed by atoms with Gasteiger partial charge in [-0.2, -0.15) is 4.80 Å². The SMILES string of the molecule is CC(C)(C)NC(=O)[C@@H](c1cccs1)N(C(=O)Cn1nnc(-c2ccc(F)cc2)n1)c1cnc2ccccc2c1. The number of carbonyl (C=O) groups is 2. The van der Waals surface area contributed by atoms with Crippen molar-refractivity contribution in [3.8, 4) is 11.4 Å². The highest BCUT2D eigenvalue weighted by Crippen LogP contribution is 2.32. The molecule has 0 aliphatic heterocycles. The maximum atomic E-state index is 14.0. The van der Waals surface area contributed by atoms with Crippen LogP contribution in [0.4, 0.5) is 10.1 Å². The monoisotopic (exact) mass is 543 g/mol. The van der Waals surface area contributed by atoms with Crippen LogP contribution in [0.25, 0.3) is 22.3 Å². The minimum Gasteiger partial charge on any atom is -0.349 e. The van der Waals surface area contributed by atoms with Gasteiger partial charge in [0, 0.05) is 21.4 Å². The van der Waals surface area contributed by atoms with E-state index in [2.05, 4.69) is 25.7 Å². The first-order chi connectivity index (χ1) is 18.7. The first-order valence-corrected chi connectivity index (χ1v) is 13.1. The molecule has 5 aromatic rings. The summed E-state index contributed by atoms with van der Waals surface area (Å²) in [5, 5.41) is 18.1. The van der Waals surface area contributed by atoms with E-state index in [4.69, 9.17) is 0 Å². The van der Waals surface area contributed by atoms with Gasteiger partial charge in [0.2, 0.25) is 11.7 Å². The highest BCUT2D eigenvalue weighted by Gasteiger charge is 2.35. The molecule has 0 bridgehead atoms. The number of para-hydroxylation sites is 1. The fourth-order valence-corrected chi connectivity index (χ4v) is 4.92. The maximum absolute atomic E-state index is 14.0. The lowest BCUT2D eigenvalue weighted by atomic mass is 10.1. The summed E-state index contributed by atoms with van der Waals surface area (Å²) in [6, 6.07) is 17.8. The van der Waals surface area contributed by atoms with Crippen LogP contribution in [0.2, 0.25) is 0 Å². The van der Waals surface area contributed by atoms with Gasteiger partial charge in [-0.15, -0.1) is 21.5 Å². The van der Waals surface area contributed by atoms with Crippen LogP contribution >= 0.6 is 11.3 Å². The highest BCUT2D eigenvalue weighted by molar-refractivity contribution is 7.10. The fraction of sp³-hybridized carbons (Fsp3) is 0.214. The van der Waals surface area contributed by atoms with E-state index in [-0.39, 0.29) is 24.1 Å². The molecule has 5 rings (SSSR count). The molecule has 2 amide bonds. The second-order valence-electron chi connectivity index (χ2n) is 9.96. The summed E-state index contributed by atoms with van der Waals surface area (Å²) in [5.41, 5.74) is 1.26. The van der Waals surface area contributed by atoms with Gasteiger partial charge in [0.05, 0.1) is 17.4 Å². The number of tetrazole rings is 1. The number of hydrogen-bond acceptors (Lipinski definition) is 7.